The highest BCUT2D eigenvalue weighted by molar-refractivity contribution is 5.81. The monoisotopic (exact) mass is 343 g/mol. The van der Waals surface area contributed by atoms with Gasteiger partial charge in [0.2, 0.25) is 5.91 Å². The lowest BCUT2D eigenvalue weighted by molar-refractivity contribution is -0.133. The molecule has 2 N–H and O–H groups in total. The SMILES string of the molecule is CC(C)[C@@H](NC(=O)NC1CCN(C(=O)C2CC2)CC1)c1ccccc1. The molecule has 25 heavy (non-hydrogen) atoms. The van der Waals surface area contributed by atoms with Gasteiger partial charge in [-0.1, -0.05) is 44.2 Å². The van der Waals surface area contributed by atoms with Crippen LogP contribution in [0.25, 0.3) is 0 Å². The van der Waals surface area contributed by atoms with Crippen molar-refractivity contribution in [1.82, 2.24) is 15.5 Å². The molecular formula is C20H29N3O2. The zero-order valence-electron chi connectivity index (χ0n) is 15.2. The van der Waals surface area contributed by atoms with E-state index in [1.165, 1.54) is 0 Å². The molecule has 0 bridgehead atoms. The van der Waals surface area contributed by atoms with Crippen molar-refractivity contribution < 1.29 is 9.59 Å². The quantitative estimate of drug-likeness (QED) is 0.863. The molecule has 1 aliphatic heterocycles. The van der Waals surface area contributed by atoms with Gasteiger partial charge >= 0.3 is 6.03 Å². The Hall–Kier alpha value is -2.04. The van der Waals surface area contributed by atoms with Gasteiger partial charge in [-0.25, -0.2) is 4.79 Å². The van der Waals surface area contributed by atoms with Crippen LogP contribution in [0.1, 0.15) is 51.1 Å². The van der Waals surface area contributed by atoms with Gasteiger partial charge in [0, 0.05) is 25.0 Å². The Balaban J connectivity index is 1.48. The van der Waals surface area contributed by atoms with E-state index < -0.39 is 0 Å². The smallest absolute Gasteiger partial charge is 0.315 e. The number of hydrogen-bond acceptors (Lipinski definition) is 2. The van der Waals surface area contributed by atoms with E-state index in [2.05, 4.69) is 24.5 Å². The summed E-state index contributed by atoms with van der Waals surface area (Å²) in [5.41, 5.74) is 1.12. The molecule has 2 fully saturated rings. The third-order valence-electron chi connectivity index (χ3n) is 5.18. The maximum absolute atomic E-state index is 12.4. The molecule has 0 spiro atoms. The van der Waals surface area contributed by atoms with Crippen molar-refractivity contribution in [3.8, 4) is 0 Å². The number of carbonyl (C=O) groups excluding carboxylic acids is 2. The fourth-order valence-corrected chi connectivity index (χ4v) is 3.50. The Morgan fingerprint density at radius 1 is 1.04 bits per heavy atom. The number of benzene rings is 1. The summed E-state index contributed by atoms with van der Waals surface area (Å²) in [6, 6.07) is 10.1. The van der Waals surface area contributed by atoms with Crippen LogP contribution in [0, 0.1) is 11.8 Å². The summed E-state index contributed by atoms with van der Waals surface area (Å²) in [4.78, 5) is 26.5. The minimum Gasteiger partial charge on any atom is -0.342 e. The zero-order valence-corrected chi connectivity index (χ0v) is 15.2. The largest absolute Gasteiger partial charge is 0.342 e. The first-order chi connectivity index (χ1) is 12.0. The van der Waals surface area contributed by atoms with E-state index in [4.69, 9.17) is 0 Å². The van der Waals surface area contributed by atoms with Crippen molar-refractivity contribution in [2.45, 2.75) is 51.6 Å². The second kappa shape index (κ2) is 7.89. The lowest BCUT2D eigenvalue weighted by Crippen LogP contribution is -2.50. The van der Waals surface area contributed by atoms with Crippen LogP contribution in [-0.4, -0.2) is 36.0 Å². The van der Waals surface area contributed by atoms with E-state index in [9.17, 15) is 9.59 Å². The predicted molar refractivity (Wildman–Crippen MR) is 98.0 cm³/mol. The van der Waals surface area contributed by atoms with Gasteiger partial charge in [0.05, 0.1) is 6.04 Å². The first-order valence-electron chi connectivity index (χ1n) is 9.45. The van der Waals surface area contributed by atoms with Crippen molar-refractivity contribution >= 4 is 11.9 Å². The van der Waals surface area contributed by atoms with Gasteiger partial charge < -0.3 is 15.5 Å². The van der Waals surface area contributed by atoms with E-state index >= 15 is 0 Å². The molecule has 1 atom stereocenters. The van der Waals surface area contributed by atoms with Crippen LogP contribution in [-0.2, 0) is 4.79 Å². The summed E-state index contributed by atoms with van der Waals surface area (Å²) in [7, 11) is 0. The Kier molecular flexibility index (Phi) is 5.61. The van der Waals surface area contributed by atoms with Crippen LogP contribution in [0.2, 0.25) is 0 Å². The highest BCUT2D eigenvalue weighted by Gasteiger charge is 2.35. The minimum atomic E-state index is -0.116. The Morgan fingerprint density at radius 3 is 2.24 bits per heavy atom. The van der Waals surface area contributed by atoms with Crippen LogP contribution in [0.5, 0.6) is 0 Å². The molecule has 1 aliphatic carbocycles. The molecule has 3 amide bonds. The normalized spacial score (nSPS) is 19.6. The van der Waals surface area contributed by atoms with E-state index in [0.29, 0.717) is 11.8 Å². The average Bonchev–Trinajstić information content (AvgIpc) is 3.45. The van der Waals surface area contributed by atoms with E-state index in [1.54, 1.807) is 0 Å². The fraction of sp³-hybridized carbons (Fsp3) is 0.600. The fourth-order valence-electron chi connectivity index (χ4n) is 3.50. The molecule has 1 saturated carbocycles. The van der Waals surface area contributed by atoms with Gasteiger partial charge in [-0.05, 0) is 37.2 Å². The molecule has 2 aliphatic rings. The van der Waals surface area contributed by atoms with Crippen molar-refractivity contribution in [1.29, 1.82) is 0 Å². The first kappa shape index (κ1) is 17.8. The molecule has 0 unspecified atom stereocenters. The molecular weight excluding hydrogens is 314 g/mol. The van der Waals surface area contributed by atoms with Crippen LogP contribution < -0.4 is 10.6 Å². The number of carbonyl (C=O) groups is 2. The van der Waals surface area contributed by atoms with Gasteiger partial charge in [-0.2, -0.15) is 0 Å². The molecule has 1 saturated heterocycles. The molecule has 1 aromatic rings. The van der Waals surface area contributed by atoms with E-state index in [-0.39, 0.29) is 24.0 Å². The molecule has 0 radical (unpaired) electrons. The second-order valence-corrected chi connectivity index (χ2v) is 7.62. The summed E-state index contributed by atoms with van der Waals surface area (Å²) in [5, 5.41) is 6.20. The van der Waals surface area contributed by atoms with Crippen LogP contribution in [0.4, 0.5) is 4.79 Å². The van der Waals surface area contributed by atoms with E-state index in [0.717, 1.165) is 44.3 Å². The van der Waals surface area contributed by atoms with Gasteiger partial charge in [-0.3, -0.25) is 4.79 Å². The minimum absolute atomic E-state index is 0.00210. The van der Waals surface area contributed by atoms with Gasteiger partial charge in [0.25, 0.3) is 0 Å². The number of hydrogen-bond donors (Lipinski definition) is 2. The van der Waals surface area contributed by atoms with E-state index in [1.807, 2.05) is 35.2 Å². The van der Waals surface area contributed by atoms with Crippen molar-refractivity contribution in [2.24, 2.45) is 11.8 Å². The number of rotatable bonds is 5. The molecule has 3 rings (SSSR count). The van der Waals surface area contributed by atoms with Crippen molar-refractivity contribution in [2.75, 3.05) is 13.1 Å². The number of likely N-dealkylation sites (tertiary alicyclic amines) is 1. The third-order valence-corrected chi connectivity index (χ3v) is 5.18. The van der Waals surface area contributed by atoms with Crippen LogP contribution >= 0.6 is 0 Å². The van der Waals surface area contributed by atoms with Crippen LogP contribution in [0.15, 0.2) is 30.3 Å². The summed E-state index contributed by atoms with van der Waals surface area (Å²) < 4.78 is 0. The second-order valence-electron chi connectivity index (χ2n) is 7.62. The van der Waals surface area contributed by atoms with Crippen LogP contribution in [0.3, 0.4) is 0 Å². The summed E-state index contributed by atoms with van der Waals surface area (Å²) >= 11 is 0. The van der Waals surface area contributed by atoms with Crippen molar-refractivity contribution in [3.63, 3.8) is 0 Å². The first-order valence-corrected chi connectivity index (χ1v) is 9.45. The molecule has 136 valence electrons. The van der Waals surface area contributed by atoms with Gasteiger partial charge in [-0.15, -0.1) is 0 Å². The number of amides is 3. The van der Waals surface area contributed by atoms with Gasteiger partial charge in [0.1, 0.15) is 0 Å². The standard InChI is InChI=1S/C20H29N3O2/c1-14(2)18(15-6-4-3-5-7-15)22-20(25)21-17-10-12-23(13-11-17)19(24)16-8-9-16/h3-7,14,16-18H,8-13H2,1-2H3,(H2,21,22,25)/t18-/m1/s1. The molecule has 1 aromatic carbocycles. The number of piperidine rings is 1. The lowest BCUT2D eigenvalue weighted by Gasteiger charge is -2.33. The number of urea groups is 1. The summed E-state index contributed by atoms with van der Waals surface area (Å²) in [5.74, 6) is 0.906. The molecule has 1 heterocycles. The molecule has 5 heteroatoms. The number of nitrogens with one attached hydrogen (secondary N) is 2. The molecule has 5 nitrogen and oxygen atoms in total. The maximum atomic E-state index is 12.4. The Labute approximate surface area is 150 Å². The maximum Gasteiger partial charge on any atom is 0.315 e. The summed E-state index contributed by atoms with van der Waals surface area (Å²) in [6.45, 7) is 5.74. The third kappa shape index (κ3) is 4.74. The highest BCUT2D eigenvalue weighted by Crippen LogP contribution is 2.31. The zero-order chi connectivity index (χ0) is 17.8. The Morgan fingerprint density at radius 2 is 1.68 bits per heavy atom. The average molecular weight is 343 g/mol. The lowest BCUT2D eigenvalue weighted by atomic mass is 9.96. The van der Waals surface area contributed by atoms with Crippen molar-refractivity contribution in [3.05, 3.63) is 35.9 Å². The number of nitrogens with zero attached hydrogens (tertiary/aromatic N) is 1. The Bertz CT molecular complexity index is 590. The van der Waals surface area contributed by atoms with Gasteiger partial charge in [0.15, 0.2) is 0 Å². The summed E-state index contributed by atoms with van der Waals surface area (Å²) in [6.07, 6.45) is 3.78. The molecule has 0 aromatic heterocycles. The topological polar surface area (TPSA) is 61.4 Å². The highest BCUT2D eigenvalue weighted by atomic mass is 16.2. The predicted octanol–water partition coefficient (Wildman–Crippen LogP) is 3.08.